The van der Waals surface area contributed by atoms with Crippen LogP contribution < -0.4 is 4.72 Å². The Labute approximate surface area is 166 Å². The number of sulfonamides is 1. The van der Waals surface area contributed by atoms with Crippen molar-refractivity contribution >= 4 is 47.9 Å². The molecule has 28 heavy (non-hydrogen) atoms. The third-order valence-corrected chi connectivity index (χ3v) is 7.34. The number of aromatic nitrogens is 1. The van der Waals surface area contributed by atoms with E-state index in [-0.39, 0.29) is 5.00 Å². The fourth-order valence-electron chi connectivity index (χ4n) is 2.66. The molecule has 0 fully saturated rings. The smallest absolute Gasteiger partial charge is 0.270 e. The molecule has 4 rings (SSSR count). The maximum absolute atomic E-state index is 13.2. The van der Waals surface area contributed by atoms with Crippen molar-refractivity contribution < 1.29 is 21.6 Å². The fraction of sp³-hybridized carbons (Fsp3) is 0.0556. The predicted molar refractivity (Wildman–Crippen MR) is 105 cm³/mol. The summed E-state index contributed by atoms with van der Waals surface area (Å²) in [4.78, 5) is 3.67. The van der Waals surface area contributed by atoms with Crippen LogP contribution in [-0.4, -0.2) is 13.4 Å². The largest absolute Gasteiger partial charge is 0.417 e. The molecule has 4 aromatic rings. The van der Waals surface area contributed by atoms with E-state index < -0.39 is 26.7 Å². The number of hydrogen-bond donors (Lipinski definition) is 1. The Bertz CT molecular complexity index is 1230. The Kier molecular flexibility index (Phi) is 4.64. The van der Waals surface area contributed by atoms with Gasteiger partial charge in [-0.25, -0.2) is 13.4 Å². The Morgan fingerprint density at radius 1 is 0.964 bits per heavy atom. The van der Waals surface area contributed by atoms with Gasteiger partial charge in [-0.15, -0.1) is 22.7 Å². The summed E-state index contributed by atoms with van der Waals surface area (Å²) in [5.41, 5.74) is 0.0878. The number of anilines is 1. The molecule has 4 nitrogen and oxygen atoms in total. The second-order valence-corrected chi connectivity index (χ2v) is 9.35. The van der Waals surface area contributed by atoms with E-state index in [4.69, 9.17) is 0 Å². The molecule has 0 atom stereocenters. The minimum atomic E-state index is -4.78. The highest BCUT2D eigenvalue weighted by molar-refractivity contribution is 7.93. The van der Waals surface area contributed by atoms with E-state index in [2.05, 4.69) is 9.71 Å². The van der Waals surface area contributed by atoms with E-state index in [1.54, 1.807) is 11.4 Å². The lowest BCUT2D eigenvalue weighted by Gasteiger charge is -2.14. The first-order chi connectivity index (χ1) is 13.3. The van der Waals surface area contributed by atoms with E-state index in [0.717, 1.165) is 39.8 Å². The zero-order valence-electron chi connectivity index (χ0n) is 13.9. The first kappa shape index (κ1) is 18.9. The minimum absolute atomic E-state index is 0.219. The standard InChI is InChI=1S/C18H11F3N2O2S3/c19-18(20,21)12-5-1-4-8-15(12)28(24,25)23-17-11(9-10-26-17)16-22-13-6-2-3-7-14(13)27-16/h1-10,23H. The van der Waals surface area contributed by atoms with Crippen molar-refractivity contribution in [3.8, 4) is 10.6 Å². The van der Waals surface area contributed by atoms with Gasteiger partial charge in [-0.2, -0.15) is 13.2 Å². The van der Waals surface area contributed by atoms with E-state index in [9.17, 15) is 21.6 Å². The highest BCUT2D eigenvalue weighted by atomic mass is 32.2. The Hall–Kier alpha value is -2.43. The highest BCUT2D eigenvalue weighted by Crippen LogP contribution is 2.40. The number of nitrogens with one attached hydrogen (secondary N) is 1. The van der Waals surface area contributed by atoms with Crippen molar-refractivity contribution in [2.75, 3.05) is 4.72 Å². The molecule has 0 spiro atoms. The van der Waals surface area contributed by atoms with Gasteiger partial charge in [0.1, 0.15) is 10.0 Å². The van der Waals surface area contributed by atoms with Crippen LogP contribution in [0.1, 0.15) is 5.56 Å². The molecule has 0 saturated carbocycles. The molecule has 0 unspecified atom stereocenters. The van der Waals surface area contributed by atoms with Crippen LogP contribution in [0.15, 0.2) is 64.9 Å². The number of thiazole rings is 1. The molecule has 10 heteroatoms. The monoisotopic (exact) mass is 440 g/mol. The third-order valence-electron chi connectivity index (χ3n) is 3.90. The second kappa shape index (κ2) is 6.87. The number of para-hydroxylation sites is 1. The first-order valence-electron chi connectivity index (χ1n) is 7.88. The van der Waals surface area contributed by atoms with Gasteiger partial charge >= 0.3 is 6.18 Å². The number of nitrogens with zero attached hydrogens (tertiary/aromatic N) is 1. The number of thiophene rings is 1. The summed E-state index contributed by atoms with van der Waals surface area (Å²) < 4.78 is 68.3. The molecule has 144 valence electrons. The number of benzene rings is 2. The van der Waals surface area contributed by atoms with Crippen LogP contribution >= 0.6 is 22.7 Å². The Morgan fingerprint density at radius 2 is 1.68 bits per heavy atom. The van der Waals surface area contributed by atoms with E-state index >= 15 is 0 Å². The van der Waals surface area contributed by atoms with Gasteiger partial charge in [-0.3, -0.25) is 4.72 Å². The molecule has 0 aliphatic carbocycles. The number of halogens is 3. The average molecular weight is 440 g/mol. The molecule has 2 aromatic carbocycles. The van der Waals surface area contributed by atoms with Gasteiger partial charge in [0.05, 0.1) is 20.7 Å². The molecule has 2 aromatic heterocycles. The molecule has 1 N–H and O–H groups in total. The molecule has 0 aliphatic rings. The topological polar surface area (TPSA) is 59.1 Å². The first-order valence-corrected chi connectivity index (χ1v) is 11.1. The Balaban J connectivity index is 1.74. The van der Waals surface area contributed by atoms with Crippen LogP contribution in [0.3, 0.4) is 0 Å². The van der Waals surface area contributed by atoms with Crippen molar-refractivity contribution in [1.82, 2.24) is 4.98 Å². The third kappa shape index (κ3) is 3.50. The van der Waals surface area contributed by atoms with Crippen molar-refractivity contribution in [2.24, 2.45) is 0 Å². The van der Waals surface area contributed by atoms with Gasteiger partial charge in [0, 0.05) is 5.56 Å². The Morgan fingerprint density at radius 3 is 2.43 bits per heavy atom. The summed E-state index contributed by atoms with van der Waals surface area (Å²) in [5.74, 6) is 0. The predicted octanol–water partition coefficient (Wildman–Crippen LogP) is 5.84. The van der Waals surface area contributed by atoms with Crippen LogP contribution in [0.5, 0.6) is 0 Å². The van der Waals surface area contributed by atoms with Gasteiger partial charge in [0.2, 0.25) is 0 Å². The second-order valence-electron chi connectivity index (χ2n) is 5.75. The minimum Gasteiger partial charge on any atom is -0.270 e. The summed E-state index contributed by atoms with van der Waals surface area (Å²) in [6.07, 6.45) is -4.78. The number of fused-ring (bicyclic) bond motifs is 1. The van der Waals surface area contributed by atoms with E-state index in [1.807, 2.05) is 24.3 Å². The number of rotatable bonds is 4. The molecular formula is C18H11F3N2O2S3. The van der Waals surface area contributed by atoms with Crippen molar-refractivity contribution in [3.63, 3.8) is 0 Å². The molecule has 0 bridgehead atoms. The van der Waals surface area contributed by atoms with Crippen LogP contribution in [0.4, 0.5) is 18.2 Å². The van der Waals surface area contributed by atoms with Gasteiger partial charge in [0.15, 0.2) is 0 Å². The lowest BCUT2D eigenvalue weighted by molar-refractivity contribution is -0.139. The van der Waals surface area contributed by atoms with Gasteiger partial charge in [-0.1, -0.05) is 24.3 Å². The van der Waals surface area contributed by atoms with Crippen LogP contribution in [0.2, 0.25) is 0 Å². The summed E-state index contributed by atoms with van der Waals surface area (Å²) in [5, 5.41) is 2.47. The molecular weight excluding hydrogens is 429 g/mol. The van der Waals surface area contributed by atoms with E-state index in [1.165, 1.54) is 17.4 Å². The summed E-state index contributed by atoms with van der Waals surface area (Å²) in [6, 6.07) is 13.2. The lowest BCUT2D eigenvalue weighted by atomic mass is 10.2. The van der Waals surface area contributed by atoms with Crippen molar-refractivity contribution in [2.45, 2.75) is 11.1 Å². The van der Waals surface area contributed by atoms with Gasteiger partial charge in [-0.05, 0) is 35.7 Å². The maximum Gasteiger partial charge on any atom is 0.417 e. The van der Waals surface area contributed by atoms with Gasteiger partial charge < -0.3 is 0 Å². The average Bonchev–Trinajstić information content (AvgIpc) is 3.26. The summed E-state index contributed by atoms with van der Waals surface area (Å²) in [7, 11) is -4.44. The van der Waals surface area contributed by atoms with Crippen molar-refractivity contribution in [3.05, 3.63) is 65.5 Å². The molecule has 0 saturated heterocycles. The highest BCUT2D eigenvalue weighted by Gasteiger charge is 2.37. The normalized spacial score (nSPS) is 12.4. The zero-order valence-corrected chi connectivity index (χ0v) is 16.3. The van der Waals surface area contributed by atoms with Gasteiger partial charge in [0.25, 0.3) is 10.0 Å². The van der Waals surface area contributed by atoms with Crippen LogP contribution in [0.25, 0.3) is 20.8 Å². The lowest BCUT2D eigenvalue weighted by Crippen LogP contribution is -2.18. The quantitative estimate of drug-likeness (QED) is 0.433. The molecule has 0 amide bonds. The summed E-state index contributed by atoms with van der Waals surface area (Å²) >= 11 is 2.46. The number of hydrogen-bond acceptors (Lipinski definition) is 5. The SMILES string of the molecule is O=S(=O)(Nc1sccc1-c1nc2ccccc2s1)c1ccccc1C(F)(F)F. The molecule has 0 aliphatic heterocycles. The molecule has 2 heterocycles. The van der Waals surface area contributed by atoms with E-state index in [0.29, 0.717) is 10.6 Å². The maximum atomic E-state index is 13.2. The van der Waals surface area contributed by atoms with Crippen LogP contribution in [0, 0.1) is 0 Å². The number of alkyl halides is 3. The molecule has 0 radical (unpaired) electrons. The summed E-state index contributed by atoms with van der Waals surface area (Å²) in [6.45, 7) is 0. The fourth-order valence-corrected chi connectivity index (χ4v) is 6.07. The zero-order chi connectivity index (χ0) is 19.9. The van der Waals surface area contributed by atoms with Crippen molar-refractivity contribution in [1.29, 1.82) is 0 Å². The van der Waals surface area contributed by atoms with Crippen LogP contribution in [-0.2, 0) is 16.2 Å².